The molecule has 1 saturated carbocycles. The monoisotopic (exact) mass is 512 g/mol. The van der Waals surface area contributed by atoms with E-state index in [9.17, 15) is 0 Å². The Morgan fingerprint density at radius 3 is 2.76 bits per heavy atom. The molecule has 0 bridgehead atoms. The van der Waals surface area contributed by atoms with Crippen molar-refractivity contribution in [3.63, 3.8) is 0 Å². The summed E-state index contributed by atoms with van der Waals surface area (Å²) in [6.45, 7) is 12.2. The van der Waals surface area contributed by atoms with E-state index in [0.717, 1.165) is 51.8 Å². The lowest BCUT2D eigenvalue weighted by Gasteiger charge is -2.38. The molecular formula is C23H37IN4O. The Hall–Kier alpha value is -0.860. The Morgan fingerprint density at radius 1 is 1.24 bits per heavy atom. The van der Waals surface area contributed by atoms with Crippen molar-refractivity contribution in [1.29, 1.82) is 0 Å². The number of likely N-dealkylation sites (tertiary alicyclic amines) is 1. The third-order valence-electron chi connectivity index (χ3n) is 6.62. The molecule has 1 N–H and O–H groups in total. The van der Waals surface area contributed by atoms with Crippen molar-refractivity contribution in [2.24, 2.45) is 10.4 Å². The van der Waals surface area contributed by atoms with Gasteiger partial charge in [0.2, 0.25) is 0 Å². The molecule has 1 spiro atoms. The van der Waals surface area contributed by atoms with E-state index in [4.69, 9.17) is 9.73 Å². The molecule has 5 nitrogen and oxygen atoms in total. The number of nitrogens with one attached hydrogen (secondary N) is 1. The van der Waals surface area contributed by atoms with Gasteiger partial charge in [-0.3, -0.25) is 4.90 Å². The summed E-state index contributed by atoms with van der Waals surface area (Å²) in [5, 5.41) is 3.52. The van der Waals surface area contributed by atoms with E-state index in [2.05, 4.69) is 53.2 Å². The molecule has 162 valence electrons. The zero-order valence-electron chi connectivity index (χ0n) is 18.0. The predicted molar refractivity (Wildman–Crippen MR) is 130 cm³/mol. The molecule has 0 amide bonds. The van der Waals surface area contributed by atoms with Gasteiger partial charge in [-0.25, -0.2) is 4.99 Å². The Balaban J connectivity index is 0.00000240. The van der Waals surface area contributed by atoms with Crippen LogP contribution in [0.5, 0.6) is 0 Å². The Morgan fingerprint density at radius 2 is 2.07 bits per heavy atom. The van der Waals surface area contributed by atoms with Crippen LogP contribution < -0.4 is 5.32 Å². The number of guanidine groups is 1. The van der Waals surface area contributed by atoms with Crippen LogP contribution in [-0.2, 0) is 17.8 Å². The molecule has 1 aromatic carbocycles. The fourth-order valence-corrected chi connectivity index (χ4v) is 4.91. The van der Waals surface area contributed by atoms with Gasteiger partial charge in [-0.2, -0.15) is 0 Å². The van der Waals surface area contributed by atoms with Crippen LogP contribution >= 0.6 is 24.0 Å². The lowest BCUT2D eigenvalue weighted by Crippen LogP contribution is -2.42. The van der Waals surface area contributed by atoms with Gasteiger partial charge >= 0.3 is 0 Å². The van der Waals surface area contributed by atoms with Crippen molar-refractivity contribution in [3.05, 3.63) is 35.4 Å². The summed E-state index contributed by atoms with van der Waals surface area (Å²) < 4.78 is 5.66. The third kappa shape index (κ3) is 5.85. The molecule has 3 fully saturated rings. The summed E-state index contributed by atoms with van der Waals surface area (Å²) in [4.78, 5) is 9.96. The molecule has 1 unspecified atom stereocenters. The maximum Gasteiger partial charge on any atom is 0.194 e. The molecule has 6 heteroatoms. The molecule has 1 aliphatic carbocycles. The quantitative estimate of drug-likeness (QED) is 0.370. The number of hydrogen-bond donors (Lipinski definition) is 1. The fraction of sp³-hybridized carbons (Fsp3) is 0.696. The standard InChI is InChI=1S/C23H36N4O.HI/c1-3-24-22(27-11-10-23(18-27)8-5-9-23)25-15-20-6-4-7-21(14-20)17-26-12-13-28-19(2)16-26;/h4,6-7,14,19H,3,5,8-13,15-18H2,1-2H3,(H,24,25);1H. The van der Waals surface area contributed by atoms with Crippen LogP contribution in [0.2, 0.25) is 0 Å². The number of halogens is 1. The van der Waals surface area contributed by atoms with Crippen LogP contribution in [0, 0.1) is 5.41 Å². The minimum atomic E-state index is 0. The molecule has 1 atom stereocenters. The molecule has 2 heterocycles. The predicted octanol–water partition coefficient (Wildman–Crippen LogP) is 3.87. The molecule has 0 aromatic heterocycles. The first-order valence-electron chi connectivity index (χ1n) is 11.1. The summed E-state index contributed by atoms with van der Waals surface area (Å²) in [6.07, 6.45) is 5.90. The molecule has 2 aliphatic heterocycles. The van der Waals surface area contributed by atoms with Gasteiger partial charge < -0.3 is 15.0 Å². The lowest BCUT2D eigenvalue weighted by atomic mass is 9.68. The summed E-state index contributed by atoms with van der Waals surface area (Å²) in [5.41, 5.74) is 3.28. The number of ether oxygens (including phenoxy) is 1. The average molecular weight is 512 g/mol. The largest absolute Gasteiger partial charge is 0.376 e. The molecule has 3 aliphatic rings. The maximum atomic E-state index is 5.66. The van der Waals surface area contributed by atoms with Crippen molar-refractivity contribution in [1.82, 2.24) is 15.1 Å². The second-order valence-corrected chi connectivity index (χ2v) is 8.93. The average Bonchev–Trinajstić information content (AvgIpc) is 3.12. The summed E-state index contributed by atoms with van der Waals surface area (Å²) >= 11 is 0. The molecular weight excluding hydrogens is 475 g/mol. The van der Waals surface area contributed by atoms with Crippen LogP contribution in [0.4, 0.5) is 0 Å². The van der Waals surface area contributed by atoms with Crippen molar-refractivity contribution in [2.75, 3.05) is 39.3 Å². The first-order chi connectivity index (χ1) is 13.7. The van der Waals surface area contributed by atoms with Crippen molar-refractivity contribution in [3.8, 4) is 0 Å². The third-order valence-corrected chi connectivity index (χ3v) is 6.62. The number of hydrogen-bond acceptors (Lipinski definition) is 3. The second kappa shape index (κ2) is 10.4. The van der Waals surface area contributed by atoms with Crippen LogP contribution in [-0.4, -0.2) is 61.2 Å². The van der Waals surface area contributed by atoms with Gasteiger partial charge in [-0.15, -0.1) is 24.0 Å². The molecule has 1 aromatic rings. The first-order valence-corrected chi connectivity index (χ1v) is 11.1. The summed E-state index contributed by atoms with van der Waals surface area (Å²) in [5.74, 6) is 1.10. The highest BCUT2D eigenvalue weighted by atomic mass is 127. The zero-order valence-corrected chi connectivity index (χ0v) is 20.4. The van der Waals surface area contributed by atoms with E-state index < -0.39 is 0 Å². The number of nitrogens with zero attached hydrogens (tertiary/aromatic N) is 3. The van der Waals surface area contributed by atoms with Crippen LogP contribution in [0.15, 0.2) is 29.3 Å². The molecule has 4 rings (SSSR count). The highest BCUT2D eigenvalue weighted by Crippen LogP contribution is 2.47. The van der Waals surface area contributed by atoms with Crippen molar-refractivity contribution in [2.45, 2.75) is 58.7 Å². The van der Waals surface area contributed by atoms with Crippen LogP contribution in [0.3, 0.4) is 0 Å². The van der Waals surface area contributed by atoms with Crippen LogP contribution in [0.1, 0.15) is 50.7 Å². The molecule has 29 heavy (non-hydrogen) atoms. The number of benzene rings is 1. The molecule has 2 saturated heterocycles. The van der Waals surface area contributed by atoms with E-state index in [1.54, 1.807) is 0 Å². The Labute approximate surface area is 193 Å². The number of morpholine rings is 1. The lowest BCUT2D eigenvalue weighted by molar-refractivity contribution is -0.0212. The van der Waals surface area contributed by atoms with Gasteiger partial charge in [0.1, 0.15) is 0 Å². The van der Waals surface area contributed by atoms with Crippen LogP contribution in [0.25, 0.3) is 0 Å². The smallest absolute Gasteiger partial charge is 0.194 e. The summed E-state index contributed by atoms with van der Waals surface area (Å²) in [6, 6.07) is 8.94. The molecule has 0 radical (unpaired) electrons. The second-order valence-electron chi connectivity index (χ2n) is 8.93. The number of rotatable bonds is 5. The summed E-state index contributed by atoms with van der Waals surface area (Å²) in [7, 11) is 0. The fourth-order valence-electron chi connectivity index (χ4n) is 4.91. The Kier molecular flexibility index (Phi) is 8.22. The zero-order chi connectivity index (χ0) is 19.4. The van der Waals surface area contributed by atoms with Crippen molar-refractivity contribution >= 4 is 29.9 Å². The highest BCUT2D eigenvalue weighted by Gasteiger charge is 2.43. The topological polar surface area (TPSA) is 40.1 Å². The van der Waals surface area contributed by atoms with Gasteiger partial charge in [-0.05, 0) is 49.7 Å². The number of aliphatic imine (C=N–C) groups is 1. The first kappa shape index (κ1) is 22.8. The van der Waals surface area contributed by atoms with E-state index in [0.29, 0.717) is 11.5 Å². The minimum absolute atomic E-state index is 0. The van der Waals surface area contributed by atoms with E-state index in [-0.39, 0.29) is 24.0 Å². The van der Waals surface area contributed by atoms with E-state index >= 15 is 0 Å². The minimum Gasteiger partial charge on any atom is -0.376 e. The maximum absolute atomic E-state index is 5.66. The van der Waals surface area contributed by atoms with Gasteiger partial charge in [0.05, 0.1) is 19.3 Å². The van der Waals surface area contributed by atoms with Gasteiger partial charge in [0.25, 0.3) is 0 Å². The van der Waals surface area contributed by atoms with E-state index in [1.807, 2.05) is 0 Å². The SMILES string of the molecule is CCNC(=NCc1cccc(CN2CCOC(C)C2)c1)N1CCC2(CCC2)C1.I. The van der Waals surface area contributed by atoms with Gasteiger partial charge in [-0.1, -0.05) is 30.7 Å². The van der Waals surface area contributed by atoms with E-state index in [1.165, 1.54) is 43.4 Å². The Bertz CT molecular complexity index is 691. The highest BCUT2D eigenvalue weighted by molar-refractivity contribution is 14.0. The van der Waals surface area contributed by atoms with Gasteiger partial charge in [0.15, 0.2) is 5.96 Å². The van der Waals surface area contributed by atoms with Gasteiger partial charge in [0, 0.05) is 39.3 Å². The normalized spacial score (nSPS) is 24.3. The van der Waals surface area contributed by atoms with Crippen molar-refractivity contribution < 1.29 is 4.74 Å².